The molecule has 1 N–H and O–H groups in total. The van der Waals surface area contributed by atoms with Crippen molar-refractivity contribution in [3.05, 3.63) is 29.8 Å². The Balaban J connectivity index is 1.62. The van der Waals surface area contributed by atoms with Crippen molar-refractivity contribution in [3.63, 3.8) is 0 Å². The molecule has 0 radical (unpaired) electrons. The Labute approximate surface area is 131 Å². The molecular formula is C17H25NO2S. The minimum absolute atomic E-state index is 0.161. The first-order chi connectivity index (χ1) is 10.3. The number of thioether (sulfide) groups is 1. The largest absolute Gasteiger partial charge is 0.497 e. The van der Waals surface area contributed by atoms with E-state index >= 15 is 0 Å². The van der Waals surface area contributed by atoms with Gasteiger partial charge in [0.2, 0.25) is 5.91 Å². The minimum Gasteiger partial charge on any atom is -0.497 e. The molecule has 0 heterocycles. The Morgan fingerprint density at radius 2 is 2.14 bits per heavy atom. The molecule has 1 saturated carbocycles. The lowest BCUT2D eigenvalue weighted by atomic mass is 9.89. The van der Waals surface area contributed by atoms with Crippen molar-refractivity contribution >= 4 is 17.7 Å². The van der Waals surface area contributed by atoms with E-state index in [1.165, 1.54) is 37.7 Å². The number of amides is 1. The third-order valence-corrected chi connectivity index (χ3v) is 4.95. The first-order valence-electron chi connectivity index (χ1n) is 7.75. The van der Waals surface area contributed by atoms with Gasteiger partial charge in [0.1, 0.15) is 5.75 Å². The van der Waals surface area contributed by atoms with Crippen molar-refractivity contribution in [2.45, 2.75) is 37.9 Å². The molecule has 1 aromatic rings. The van der Waals surface area contributed by atoms with E-state index in [0.717, 1.165) is 18.0 Å². The smallest absolute Gasteiger partial charge is 0.230 e. The van der Waals surface area contributed by atoms with Crippen molar-refractivity contribution in [3.8, 4) is 5.75 Å². The quantitative estimate of drug-likeness (QED) is 0.836. The van der Waals surface area contributed by atoms with Crippen LogP contribution in [0, 0.1) is 5.92 Å². The Morgan fingerprint density at radius 1 is 1.33 bits per heavy atom. The molecule has 2 rings (SSSR count). The molecule has 1 aliphatic carbocycles. The fourth-order valence-corrected chi connectivity index (χ4v) is 3.53. The van der Waals surface area contributed by atoms with E-state index in [1.807, 2.05) is 18.2 Å². The molecule has 1 aromatic carbocycles. The summed E-state index contributed by atoms with van der Waals surface area (Å²) in [6, 6.07) is 8.01. The third kappa shape index (κ3) is 6.00. The number of methoxy groups -OCH3 is 1. The Kier molecular flexibility index (Phi) is 6.93. The van der Waals surface area contributed by atoms with Crippen LogP contribution in [0.1, 0.15) is 37.7 Å². The van der Waals surface area contributed by atoms with E-state index < -0.39 is 0 Å². The molecular weight excluding hydrogens is 282 g/mol. The van der Waals surface area contributed by atoms with Gasteiger partial charge in [-0.1, -0.05) is 31.4 Å². The van der Waals surface area contributed by atoms with Crippen molar-refractivity contribution in [1.29, 1.82) is 0 Å². The lowest BCUT2D eigenvalue weighted by Crippen LogP contribution is -2.31. The number of hydrogen-bond donors (Lipinski definition) is 1. The van der Waals surface area contributed by atoms with Crippen LogP contribution in [0.4, 0.5) is 0 Å². The summed E-state index contributed by atoms with van der Waals surface area (Å²) in [7, 11) is 1.67. The molecule has 4 heteroatoms. The lowest BCUT2D eigenvalue weighted by molar-refractivity contribution is -0.118. The van der Waals surface area contributed by atoms with E-state index in [1.54, 1.807) is 18.9 Å². The maximum Gasteiger partial charge on any atom is 0.230 e. The summed E-state index contributed by atoms with van der Waals surface area (Å²) in [5.41, 5.74) is 1.19. The second-order valence-electron chi connectivity index (χ2n) is 5.65. The monoisotopic (exact) mass is 307 g/mol. The number of ether oxygens (including phenoxy) is 1. The third-order valence-electron chi connectivity index (χ3n) is 3.95. The molecule has 1 amide bonds. The van der Waals surface area contributed by atoms with Gasteiger partial charge in [0.05, 0.1) is 12.9 Å². The van der Waals surface area contributed by atoms with Crippen LogP contribution in [0.25, 0.3) is 0 Å². The molecule has 1 fully saturated rings. The first kappa shape index (κ1) is 16.2. The summed E-state index contributed by atoms with van der Waals surface area (Å²) in [6.45, 7) is 0.860. The van der Waals surface area contributed by atoms with Gasteiger partial charge >= 0.3 is 0 Å². The van der Waals surface area contributed by atoms with Gasteiger partial charge in [-0.15, -0.1) is 11.8 Å². The van der Waals surface area contributed by atoms with Gasteiger partial charge in [-0.05, 0) is 36.5 Å². The molecule has 0 unspecified atom stereocenters. The zero-order valence-corrected chi connectivity index (χ0v) is 13.6. The maximum absolute atomic E-state index is 11.8. The highest BCUT2D eigenvalue weighted by atomic mass is 32.2. The molecule has 116 valence electrons. The van der Waals surface area contributed by atoms with E-state index in [0.29, 0.717) is 11.7 Å². The number of benzene rings is 1. The topological polar surface area (TPSA) is 38.3 Å². The highest BCUT2D eigenvalue weighted by Crippen LogP contribution is 2.23. The summed E-state index contributed by atoms with van der Waals surface area (Å²) < 4.78 is 5.20. The van der Waals surface area contributed by atoms with Crippen LogP contribution in [0.2, 0.25) is 0 Å². The molecule has 0 saturated heterocycles. The molecule has 0 aliphatic heterocycles. The van der Waals surface area contributed by atoms with E-state index in [2.05, 4.69) is 11.4 Å². The number of hydrogen-bond acceptors (Lipinski definition) is 3. The number of carbonyl (C=O) groups is 1. The summed E-state index contributed by atoms with van der Waals surface area (Å²) >= 11 is 1.65. The molecule has 3 nitrogen and oxygen atoms in total. The summed E-state index contributed by atoms with van der Waals surface area (Å²) in [5, 5.41) is 3.08. The first-order valence-corrected chi connectivity index (χ1v) is 8.91. The van der Waals surface area contributed by atoms with Crippen LogP contribution < -0.4 is 10.1 Å². The van der Waals surface area contributed by atoms with E-state index in [4.69, 9.17) is 4.74 Å². The van der Waals surface area contributed by atoms with Gasteiger partial charge in [-0.25, -0.2) is 0 Å². The molecule has 0 atom stereocenters. The van der Waals surface area contributed by atoms with Crippen molar-refractivity contribution in [1.82, 2.24) is 5.32 Å². The van der Waals surface area contributed by atoms with Crippen LogP contribution >= 0.6 is 11.8 Å². The van der Waals surface area contributed by atoms with Gasteiger partial charge in [0, 0.05) is 12.3 Å². The van der Waals surface area contributed by atoms with Gasteiger partial charge in [0.25, 0.3) is 0 Å². The van der Waals surface area contributed by atoms with Crippen LogP contribution in [0.3, 0.4) is 0 Å². The average Bonchev–Trinajstić information content (AvgIpc) is 2.54. The van der Waals surface area contributed by atoms with E-state index in [-0.39, 0.29) is 5.91 Å². The Bertz CT molecular complexity index is 444. The summed E-state index contributed by atoms with van der Waals surface area (Å²) in [6.07, 6.45) is 6.56. The SMILES string of the molecule is COc1cccc(CSCC(=O)NCC2CCCCC2)c1. The molecule has 0 spiro atoms. The predicted molar refractivity (Wildman–Crippen MR) is 88.7 cm³/mol. The summed E-state index contributed by atoms with van der Waals surface area (Å²) in [5.74, 6) is 3.10. The standard InChI is InChI=1S/C17H25NO2S/c1-20-16-9-5-8-15(10-16)12-21-13-17(19)18-11-14-6-3-2-4-7-14/h5,8-10,14H,2-4,6-7,11-13H2,1H3,(H,18,19). The minimum atomic E-state index is 0.161. The highest BCUT2D eigenvalue weighted by molar-refractivity contribution is 7.99. The second-order valence-corrected chi connectivity index (χ2v) is 6.64. The van der Waals surface area contributed by atoms with Crippen molar-refractivity contribution < 1.29 is 9.53 Å². The fraction of sp³-hybridized carbons (Fsp3) is 0.588. The molecule has 0 aromatic heterocycles. The second kappa shape index (κ2) is 8.98. The zero-order valence-electron chi connectivity index (χ0n) is 12.8. The summed E-state index contributed by atoms with van der Waals surface area (Å²) in [4.78, 5) is 11.8. The predicted octanol–water partition coefficient (Wildman–Crippen LogP) is 3.62. The van der Waals surface area contributed by atoms with Crippen LogP contribution in [0.5, 0.6) is 5.75 Å². The molecule has 21 heavy (non-hydrogen) atoms. The Morgan fingerprint density at radius 3 is 2.90 bits per heavy atom. The zero-order chi connectivity index (χ0) is 14.9. The maximum atomic E-state index is 11.8. The van der Waals surface area contributed by atoms with Crippen LogP contribution in [0.15, 0.2) is 24.3 Å². The van der Waals surface area contributed by atoms with Gasteiger partial charge in [0.15, 0.2) is 0 Å². The number of carbonyl (C=O) groups excluding carboxylic acids is 1. The Hall–Kier alpha value is -1.16. The average molecular weight is 307 g/mol. The van der Waals surface area contributed by atoms with Gasteiger partial charge < -0.3 is 10.1 Å². The lowest BCUT2D eigenvalue weighted by Gasteiger charge is -2.21. The van der Waals surface area contributed by atoms with Crippen molar-refractivity contribution in [2.24, 2.45) is 5.92 Å². The fourth-order valence-electron chi connectivity index (χ4n) is 2.72. The van der Waals surface area contributed by atoms with Crippen molar-refractivity contribution in [2.75, 3.05) is 19.4 Å². The highest BCUT2D eigenvalue weighted by Gasteiger charge is 2.14. The van der Waals surface area contributed by atoms with Gasteiger partial charge in [-0.3, -0.25) is 4.79 Å². The normalized spacial score (nSPS) is 15.7. The van der Waals surface area contributed by atoms with Crippen LogP contribution in [-0.2, 0) is 10.5 Å². The van der Waals surface area contributed by atoms with E-state index in [9.17, 15) is 4.79 Å². The van der Waals surface area contributed by atoms with Gasteiger partial charge in [-0.2, -0.15) is 0 Å². The number of rotatable bonds is 7. The molecule has 1 aliphatic rings. The molecule has 0 bridgehead atoms. The van der Waals surface area contributed by atoms with Crippen LogP contribution in [-0.4, -0.2) is 25.3 Å². The number of nitrogens with one attached hydrogen (secondary N) is 1.